The minimum absolute atomic E-state index is 0.0289. The van der Waals surface area contributed by atoms with E-state index in [1.807, 2.05) is 6.92 Å². The standard InChI is InChI=1S/C28H23ClFN3O3S/c1-20-5-15-27(16-6-20)37(35,36)33(26-4-2-3-24(29)17-26)19-22-7-11-23(12-8-22)28(34)32-31-18-21-9-13-25(30)14-10-21/h2-18H,19H2,1H3,(H,32,34)/b31-18-. The molecule has 4 aromatic carbocycles. The molecule has 1 amide bonds. The van der Waals surface area contributed by atoms with E-state index in [1.54, 1.807) is 72.8 Å². The van der Waals surface area contributed by atoms with Gasteiger partial charge in [-0.25, -0.2) is 18.2 Å². The molecule has 0 saturated carbocycles. The summed E-state index contributed by atoms with van der Waals surface area (Å²) in [5, 5.41) is 4.30. The van der Waals surface area contributed by atoms with Crippen molar-refractivity contribution in [1.29, 1.82) is 0 Å². The number of benzene rings is 4. The first-order valence-electron chi connectivity index (χ1n) is 11.3. The van der Waals surface area contributed by atoms with Gasteiger partial charge in [0.15, 0.2) is 0 Å². The topological polar surface area (TPSA) is 78.8 Å². The number of aryl methyl sites for hydroxylation is 1. The Kier molecular flexibility index (Phi) is 8.01. The van der Waals surface area contributed by atoms with E-state index in [1.165, 1.54) is 34.8 Å². The monoisotopic (exact) mass is 535 g/mol. The fourth-order valence-electron chi connectivity index (χ4n) is 3.49. The molecule has 0 aromatic heterocycles. The van der Waals surface area contributed by atoms with Crippen LogP contribution < -0.4 is 9.73 Å². The lowest BCUT2D eigenvalue weighted by Crippen LogP contribution is -2.30. The van der Waals surface area contributed by atoms with Crippen LogP contribution >= 0.6 is 11.6 Å². The number of hydrazone groups is 1. The summed E-state index contributed by atoms with van der Waals surface area (Å²) < 4.78 is 41.4. The number of hydrogen-bond acceptors (Lipinski definition) is 4. The number of halogens is 2. The lowest BCUT2D eigenvalue weighted by Gasteiger charge is -2.25. The van der Waals surface area contributed by atoms with Crippen molar-refractivity contribution in [3.63, 3.8) is 0 Å². The van der Waals surface area contributed by atoms with E-state index in [9.17, 15) is 17.6 Å². The Morgan fingerprint density at radius 2 is 1.65 bits per heavy atom. The highest BCUT2D eigenvalue weighted by Crippen LogP contribution is 2.28. The van der Waals surface area contributed by atoms with Gasteiger partial charge in [0.2, 0.25) is 0 Å². The highest BCUT2D eigenvalue weighted by atomic mass is 35.5. The maximum atomic E-state index is 13.6. The molecule has 6 nitrogen and oxygen atoms in total. The lowest BCUT2D eigenvalue weighted by atomic mass is 10.1. The average molecular weight is 536 g/mol. The third-order valence-electron chi connectivity index (χ3n) is 5.50. The molecule has 0 saturated heterocycles. The normalized spacial score (nSPS) is 11.4. The van der Waals surface area contributed by atoms with E-state index in [0.29, 0.717) is 27.4 Å². The summed E-state index contributed by atoms with van der Waals surface area (Å²) in [4.78, 5) is 12.6. The number of nitrogens with one attached hydrogen (secondary N) is 1. The van der Waals surface area contributed by atoms with Gasteiger partial charge >= 0.3 is 0 Å². The zero-order valence-corrected chi connectivity index (χ0v) is 21.4. The highest BCUT2D eigenvalue weighted by molar-refractivity contribution is 7.92. The largest absolute Gasteiger partial charge is 0.271 e. The number of carbonyl (C=O) groups is 1. The lowest BCUT2D eigenvalue weighted by molar-refractivity contribution is 0.0955. The van der Waals surface area contributed by atoms with Gasteiger partial charge in [-0.2, -0.15) is 5.10 Å². The van der Waals surface area contributed by atoms with Crippen molar-refractivity contribution in [2.45, 2.75) is 18.4 Å². The van der Waals surface area contributed by atoms with Gasteiger partial charge in [0.05, 0.1) is 23.3 Å². The van der Waals surface area contributed by atoms with Crippen LogP contribution in [0.3, 0.4) is 0 Å². The second-order valence-corrected chi connectivity index (χ2v) is 10.6. The molecular formula is C28H23ClFN3O3S. The van der Waals surface area contributed by atoms with E-state index in [4.69, 9.17) is 11.6 Å². The van der Waals surface area contributed by atoms with Crippen LogP contribution in [0.25, 0.3) is 0 Å². The fourth-order valence-corrected chi connectivity index (χ4v) is 5.12. The Hall–Kier alpha value is -4.01. The fraction of sp³-hybridized carbons (Fsp3) is 0.0714. The van der Waals surface area contributed by atoms with Crippen molar-refractivity contribution in [3.8, 4) is 0 Å². The van der Waals surface area contributed by atoms with Crippen LogP contribution in [-0.2, 0) is 16.6 Å². The van der Waals surface area contributed by atoms with Crippen molar-refractivity contribution in [1.82, 2.24) is 5.43 Å². The Balaban J connectivity index is 1.53. The van der Waals surface area contributed by atoms with Crippen LogP contribution in [0.4, 0.5) is 10.1 Å². The molecule has 9 heteroatoms. The number of hydrogen-bond donors (Lipinski definition) is 1. The number of rotatable bonds is 8. The summed E-state index contributed by atoms with van der Waals surface area (Å²) in [6, 6.07) is 25.5. The minimum Gasteiger partial charge on any atom is -0.267 e. The number of amides is 1. The van der Waals surface area contributed by atoms with Gasteiger partial charge in [-0.15, -0.1) is 0 Å². The zero-order valence-electron chi connectivity index (χ0n) is 19.8. The van der Waals surface area contributed by atoms with Crippen molar-refractivity contribution >= 4 is 39.4 Å². The molecule has 1 N–H and O–H groups in total. The summed E-state index contributed by atoms with van der Waals surface area (Å²) in [6.07, 6.45) is 1.41. The molecule has 4 rings (SSSR count). The van der Waals surface area contributed by atoms with Crippen LogP contribution in [-0.4, -0.2) is 20.5 Å². The third-order valence-corrected chi connectivity index (χ3v) is 7.52. The predicted octanol–water partition coefficient (Wildman–Crippen LogP) is 5.95. The molecule has 0 spiro atoms. The summed E-state index contributed by atoms with van der Waals surface area (Å²) in [7, 11) is -3.90. The van der Waals surface area contributed by atoms with Gasteiger partial charge in [0.25, 0.3) is 15.9 Å². The maximum absolute atomic E-state index is 13.6. The molecule has 0 atom stereocenters. The van der Waals surface area contributed by atoms with Gasteiger partial charge < -0.3 is 0 Å². The Morgan fingerprint density at radius 1 is 0.973 bits per heavy atom. The maximum Gasteiger partial charge on any atom is 0.271 e. The molecule has 0 radical (unpaired) electrons. The summed E-state index contributed by atoms with van der Waals surface area (Å²) in [5.41, 5.74) is 5.43. The number of carbonyl (C=O) groups excluding carboxylic acids is 1. The van der Waals surface area contributed by atoms with Crippen LogP contribution in [0.5, 0.6) is 0 Å². The molecule has 0 heterocycles. The molecule has 188 valence electrons. The first-order chi connectivity index (χ1) is 17.7. The number of anilines is 1. The molecule has 0 aliphatic heterocycles. The molecule has 0 bridgehead atoms. The average Bonchev–Trinajstić information content (AvgIpc) is 2.89. The minimum atomic E-state index is -3.90. The summed E-state index contributed by atoms with van der Waals surface area (Å²) in [6.45, 7) is 1.91. The predicted molar refractivity (Wildman–Crippen MR) is 144 cm³/mol. The molecule has 4 aromatic rings. The quantitative estimate of drug-likeness (QED) is 0.224. The second-order valence-electron chi connectivity index (χ2n) is 8.25. The van der Waals surface area contributed by atoms with Gasteiger partial charge in [-0.1, -0.05) is 59.6 Å². The smallest absolute Gasteiger partial charge is 0.267 e. The molecule has 37 heavy (non-hydrogen) atoms. The van der Waals surface area contributed by atoms with Crippen LogP contribution in [0.15, 0.2) is 107 Å². The SMILES string of the molecule is Cc1ccc(S(=O)(=O)N(Cc2ccc(C(=O)N/N=C\c3ccc(F)cc3)cc2)c2cccc(Cl)c2)cc1. The van der Waals surface area contributed by atoms with Crippen LogP contribution in [0.2, 0.25) is 5.02 Å². The second kappa shape index (κ2) is 11.4. The number of nitrogens with zero attached hydrogens (tertiary/aromatic N) is 2. The van der Waals surface area contributed by atoms with Gasteiger partial charge in [0, 0.05) is 10.6 Å². The zero-order chi connectivity index (χ0) is 26.4. The molecular weight excluding hydrogens is 513 g/mol. The van der Waals surface area contributed by atoms with E-state index < -0.39 is 15.9 Å². The Morgan fingerprint density at radius 3 is 2.30 bits per heavy atom. The number of sulfonamides is 1. The highest BCUT2D eigenvalue weighted by Gasteiger charge is 2.25. The first kappa shape index (κ1) is 26.1. The van der Waals surface area contributed by atoms with E-state index in [0.717, 1.165) is 5.56 Å². The van der Waals surface area contributed by atoms with Crippen molar-refractivity contribution in [3.05, 3.63) is 130 Å². The third kappa shape index (κ3) is 6.61. The summed E-state index contributed by atoms with van der Waals surface area (Å²) in [5.74, 6) is -0.800. The van der Waals surface area contributed by atoms with E-state index in [-0.39, 0.29) is 17.3 Å². The molecule has 0 unspecified atom stereocenters. The van der Waals surface area contributed by atoms with Crippen LogP contribution in [0.1, 0.15) is 27.0 Å². The van der Waals surface area contributed by atoms with Gasteiger partial charge in [-0.3, -0.25) is 9.10 Å². The van der Waals surface area contributed by atoms with Crippen molar-refractivity contribution < 1.29 is 17.6 Å². The Labute approximate surface area is 220 Å². The van der Waals surface area contributed by atoms with Gasteiger partial charge in [-0.05, 0) is 72.6 Å². The Bertz CT molecular complexity index is 1520. The van der Waals surface area contributed by atoms with Crippen LogP contribution in [0, 0.1) is 12.7 Å². The van der Waals surface area contributed by atoms with Crippen molar-refractivity contribution in [2.75, 3.05) is 4.31 Å². The summed E-state index contributed by atoms with van der Waals surface area (Å²) >= 11 is 6.16. The van der Waals surface area contributed by atoms with Crippen molar-refractivity contribution in [2.24, 2.45) is 5.10 Å². The first-order valence-corrected chi connectivity index (χ1v) is 13.1. The molecule has 0 fully saturated rings. The van der Waals surface area contributed by atoms with E-state index >= 15 is 0 Å². The molecule has 0 aliphatic rings. The van der Waals surface area contributed by atoms with Gasteiger partial charge in [0.1, 0.15) is 5.82 Å². The molecule has 0 aliphatic carbocycles. The van der Waals surface area contributed by atoms with E-state index in [2.05, 4.69) is 10.5 Å².